The molecule has 3 rings (SSSR count). The van der Waals surface area contributed by atoms with E-state index in [1.54, 1.807) is 16.8 Å². The highest BCUT2D eigenvalue weighted by Crippen LogP contribution is 2.39. The maximum Gasteiger partial charge on any atom is 0.129 e. The second-order valence-electron chi connectivity index (χ2n) is 5.61. The number of aryl methyl sites for hydroxylation is 1. The maximum absolute atomic E-state index is 13.1. The van der Waals surface area contributed by atoms with Gasteiger partial charge in [-0.3, -0.25) is 4.68 Å². The van der Waals surface area contributed by atoms with E-state index in [0.29, 0.717) is 11.7 Å². The summed E-state index contributed by atoms with van der Waals surface area (Å²) >= 11 is 0. The van der Waals surface area contributed by atoms with Crippen molar-refractivity contribution in [3.05, 3.63) is 35.8 Å². The van der Waals surface area contributed by atoms with Crippen LogP contribution in [-0.2, 0) is 7.05 Å². The van der Waals surface area contributed by atoms with Crippen LogP contribution in [0.5, 0.6) is 0 Å². The van der Waals surface area contributed by atoms with E-state index in [1.165, 1.54) is 44.2 Å². The molecule has 20 heavy (non-hydrogen) atoms. The number of anilines is 1. The average molecular weight is 273 g/mol. The molecule has 0 atom stereocenters. The van der Waals surface area contributed by atoms with Crippen LogP contribution in [0.15, 0.2) is 24.3 Å². The Bertz CT molecular complexity index is 595. The zero-order valence-electron chi connectivity index (χ0n) is 11.8. The molecule has 0 bridgehead atoms. The van der Waals surface area contributed by atoms with Crippen LogP contribution < -0.4 is 5.73 Å². The number of nitrogen functional groups attached to an aromatic ring is 1. The third kappa shape index (κ3) is 2.30. The lowest BCUT2D eigenvalue weighted by atomic mass is 9.84. The molecule has 1 heterocycles. The standard InChI is InChI=1S/C16H20FN3/c1-20-16(18)14(11-7-9-13(17)10-8-11)15(19-20)12-5-3-2-4-6-12/h7-10,12H,2-6,18H2,1H3. The van der Waals surface area contributed by atoms with Crippen LogP contribution in [-0.4, -0.2) is 9.78 Å². The zero-order chi connectivity index (χ0) is 14.1. The van der Waals surface area contributed by atoms with Gasteiger partial charge in [0.05, 0.1) is 5.69 Å². The molecule has 1 aliphatic carbocycles. The SMILES string of the molecule is Cn1nc(C2CCCCC2)c(-c2ccc(F)cc2)c1N. The third-order valence-corrected chi connectivity index (χ3v) is 4.24. The Morgan fingerprint density at radius 3 is 2.45 bits per heavy atom. The molecule has 2 N–H and O–H groups in total. The van der Waals surface area contributed by atoms with Gasteiger partial charge in [0.2, 0.25) is 0 Å². The Morgan fingerprint density at radius 2 is 1.80 bits per heavy atom. The Hall–Kier alpha value is -1.84. The van der Waals surface area contributed by atoms with Crippen molar-refractivity contribution in [1.82, 2.24) is 9.78 Å². The van der Waals surface area contributed by atoms with Crippen LogP contribution in [0.3, 0.4) is 0 Å². The van der Waals surface area contributed by atoms with E-state index in [2.05, 4.69) is 5.10 Å². The topological polar surface area (TPSA) is 43.8 Å². The van der Waals surface area contributed by atoms with Crippen molar-refractivity contribution < 1.29 is 4.39 Å². The van der Waals surface area contributed by atoms with Crippen LogP contribution in [0.2, 0.25) is 0 Å². The molecule has 1 aromatic heterocycles. The van der Waals surface area contributed by atoms with Gasteiger partial charge in [-0.2, -0.15) is 5.10 Å². The fourth-order valence-corrected chi connectivity index (χ4v) is 3.13. The molecule has 0 aliphatic heterocycles. The Kier molecular flexibility index (Phi) is 3.47. The summed E-state index contributed by atoms with van der Waals surface area (Å²) in [6.07, 6.45) is 6.16. The molecule has 0 spiro atoms. The van der Waals surface area contributed by atoms with Crippen LogP contribution in [0.4, 0.5) is 10.2 Å². The van der Waals surface area contributed by atoms with Crippen LogP contribution in [0, 0.1) is 5.82 Å². The maximum atomic E-state index is 13.1. The summed E-state index contributed by atoms with van der Waals surface area (Å²) in [6, 6.07) is 6.53. The third-order valence-electron chi connectivity index (χ3n) is 4.24. The van der Waals surface area contributed by atoms with Gasteiger partial charge in [0.15, 0.2) is 0 Å². The lowest BCUT2D eigenvalue weighted by Gasteiger charge is -2.21. The van der Waals surface area contributed by atoms with Crippen LogP contribution in [0.1, 0.15) is 43.7 Å². The van der Waals surface area contributed by atoms with Gasteiger partial charge < -0.3 is 5.73 Å². The van der Waals surface area contributed by atoms with Crippen molar-refractivity contribution in [3.8, 4) is 11.1 Å². The van der Waals surface area contributed by atoms with Crippen LogP contribution >= 0.6 is 0 Å². The number of hydrogen-bond donors (Lipinski definition) is 1. The van der Waals surface area contributed by atoms with Gasteiger partial charge in [0.1, 0.15) is 11.6 Å². The first-order valence-corrected chi connectivity index (χ1v) is 7.25. The summed E-state index contributed by atoms with van der Waals surface area (Å²) in [5.74, 6) is 0.917. The predicted molar refractivity (Wildman–Crippen MR) is 78.8 cm³/mol. The number of nitrogens with two attached hydrogens (primary N) is 1. The fraction of sp³-hybridized carbons (Fsp3) is 0.438. The molecular formula is C16H20FN3. The van der Waals surface area contributed by atoms with E-state index in [-0.39, 0.29) is 5.82 Å². The van der Waals surface area contributed by atoms with Gasteiger partial charge in [-0.25, -0.2) is 4.39 Å². The molecule has 1 fully saturated rings. The molecule has 0 radical (unpaired) electrons. The highest BCUT2D eigenvalue weighted by Gasteiger charge is 2.24. The number of rotatable bonds is 2. The monoisotopic (exact) mass is 273 g/mol. The van der Waals surface area contributed by atoms with Gasteiger partial charge in [-0.15, -0.1) is 0 Å². The highest BCUT2D eigenvalue weighted by molar-refractivity contribution is 5.77. The van der Waals surface area contributed by atoms with Gasteiger partial charge in [0.25, 0.3) is 0 Å². The van der Waals surface area contributed by atoms with E-state index in [4.69, 9.17) is 5.73 Å². The van der Waals surface area contributed by atoms with E-state index in [9.17, 15) is 4.39 Å². The van der Waals surface area contributed by atoms with Crippen molar-refractivity contribution in [3.63, 3.8) is 0 Å². The van der Waals surface area contributed by atoms with Gasteiger partial charge >= 0.3 is 0 Å². The summed E-state index contributed by atoms with van der Waals surface area (Å²) in [5.41, 5.74) is 9.21. The van der Waals surface area contributed by atoms with Gasteiger partial charge in [0, 0.05) is 18.5 Å². The highest BCUT2D eigenvalue weighted by atomic mass is 19.1. The van der Waals surface area contributed by atoms with Crippen LogP contribution in [0.25, 0.3) is 11.1 Å². The normalized spacial score (nSPS) is 16.5. The molecule has 0 amide bonds. The summed E-state index contributed by atoms with van der Waals surface area (Å²) < 4.78 is 14.8. The van der Waals surface area contributed by atoms with Crippen molar-refractivity contribution in [2.75, 3.05) is 5.73 Å². The minimum absolute atomic E-state index is 0.226. The quantitative estimate of drug-likeness (QED) is 0.903. The summed E-state index contributed by atoms with van der Waals surface area (Å²) in [6.45, 7) is 0. The molecular weight excluding hydrogens is 253 g/mol. The molecule has 0 saturated heterocycles. The number of hydrogen-bond acceptors (Lipinski definition) is 2. The fourth-order valence-electron chi connectivity index (χ4n) is 3.13. The average Bonchev–Trinajstić information content (AvgIpc) is 2.77. The molecule has 1 aliphatic rings. The molecule has 4 heteroatoms. The summed E-state index contributed by atoms with van der Waals surface area (Å²) in [7, 11) is 1.87. The first-order chi connectivity index (χ1) is 9.66. The number of halogens is 1. The predicted octanol–water partition coefficient (Wildman–Crippen LogP) is 3.86. The molecule has 1 saturated carbocycles. The first kappa shape index (κ1) is 13.2. The molecule has 1 aromatic carbocycles. The number of aromatic nitrogens is 2. The number of benzene rings is 1. The smallest absolute Gasteiger partial charge is 0.129 e. The zero-order valence-corrected chi connectivity index (χ0v) is 11.8. The van der Waals surface area contributed by atoms with Gasteiger partial charge in [-0.1, -0.05) is 31.4 Å². The molecule has 106 valence electrons. The van der Waals surface area contributed by atoms with Gasteiger partial charge in [-0.05, 0) is 30.5 Å². The van der Waals surface area contributed by atoms with Crippen molar-refractivity contribution in [1.29, 1.82) is 0 Å². The van der Waals surface area contributed by atoms with E-state index >= 15 is 0 Å². The minimum Gasteiger partial charge on any atom is -0.383 e. The Labute approximate surface area is 118 Å². The van der Waals surface area contributed by atoms with Crippen molar-refractivity contribution >= 4 is 5.82 Å². The Morgan fingerprint density at radius 1 is 1.15 bits per heavy atom. The van der Waals surface area contributed by atoms with Crippen molar-refractivity contribution in [2.45, 2.75) is 38.0 Å². The minimum atomic E-state index is -0.226. The second-order valence-corrected chi connectivity index (χ2v) is 5.61. The molecule has 3 nitrogen and oxygen atoms in total. The lowest BCUT2D eigenvalue weighted by molar-refractivity contribution is 0.434. The molecule has 2 aromatic rings. The van der Waals surface area contributed by atoms with Crippen molar-refractivity contribution in [2.24, 2.45) is 7.05 Å². The first-order valence-electron chi connectivity index (χ1n) is 7.25. The Balaban J connectivity index is 2.06. The lowest BCUT2D eigenvalue weighted by Crippen LogP contribution is -2.06. The largest absolute Gasteiger partial charge is 0.383 e. The summed E-state index contributed by atoms with van der Waals surface area (Å²) in [5, 5.41) is 4.63. The van der Waals surface area contributed by atoms with E-state index in [1.807, 2.05) is 7.05 Å². The van der Waals surface area contributed by atoms with E-state index < -0.39 is 0 Å². The van der Waals surface area contributed by atoms with E-state index in [0.717, 1.165) is 16.8 Å². The number of nitrogens with zero attached hydrogens (tertiary/aromatic N) is 2. The second kappa shape index (κ2) is 5.27. The molecule has 0 unspecified atom stereocenters. The summed E-state index contributed by atoms with van der Waals surface area (Å²) in [4.78, 5) is 0.